The predicted octanol–water partition coefficient (Wildman–Crippen LogP) is -1.07. The summed E-state index contributed by atoms with van der Waals surface area (Å²) in [5.41, 5.74) is 5.06. The number of hydrogen-bond acceptors (Lipinski definition) is 10. The van der Waals surface area contributed by atoms with Crippen LogP contribution in [0.3, 0.4) is 0 Å². The molecular formula is C21H31N5O9. The lowest BCUT2D eigenvalue weighted by molar-refractivity contribution is -0.145. The summed E-state index contributed by atoms with van der Waals surface area (Å²) in [4.78, 5) is 52.1. The zero-order valence-electron chi connectivity index (χ0n) is 19.6. The molecule has 1 aliphatic heterocycles. The van der Waals surface area contributed by atoms with E-state index >= 15 is 0 Å². The Morgan fingerprint density at radius 2 is 2.00 bits per heavy atom. The molecule has 35 heavy (non-hydrogen) atoms. The number of aromatic nitrogens is 2. The maximum Gasteiger partial charge on any atom is 0.413 e. The second-order valence-electron chi connectivity index (χ2n) is 8.53. The first-order valence-electron chi connectivity index (χ1n) is 10.8. The highest BCUT2D eigenvalue weighted by Gasteiger charge is 2.38. The molecule has 0 saturated carbocycles. The standard InChI is InChI=1S/C21H31N5O9/c1-9(2)7-12(22)17(29)25-15(19(30)31)11(4)34-21(33)24-14-5-6-26(20(32)23-14)18-10(3)16(28)13(8-27)35-18/h5-6,9,11-13,15-16,18,27-28H,3,7-8,22H2,1-2,4H3,(H,25,29)(H,30,31)(H,23,24,32,33)/t11-,12-,13+,15-,16-,18+/m0/s1. The fourth-order valence-electron chi connectivity index (χ4n) is 3.39. The van der Waals surface area contributed by atoms with Crippen molar-refractivity contribution < 1.29 is 39.2 Å². The van der Waals surface area contributed by atoms with E-state index in [9.17, 15) is 34.5 Å². The Morgan fingerprint density at radius 3 is 2.51 bits per heavy atom. The highest BCUT2D eigenvalue weighted by Crippen LogP contribution is 2.31. The van der Waals surface area contributed by atoms with E-state index in [1.165, 1.54) is 19.2 Å². The Bertz CT molecular complexity index is 1010. The number of amides is 2. The monoisotopic (exact) mass is 497 g/mol. The fraction of sp³-hybridized carbons (Fsp3) is 0.571. The van der Waals surface area contributed by atoms with Crippen molar-refractivity contribution in [3.05, 3.63) is 34.9 Å². The minimum atomic E-state index is -1.57. The van der Waals surface area contributed by atoms with Crippen LogP contribution in [-0.2, 0) is 19.1 Å². The molecule has 1 fully saturated rings. The van der Waals surface area contributed by atoms with Gasteiger partial charge in [0.05, 0.1) is 12.6 Å². The van der Waals surface area contributed by atoms with Gasteiger partial charge in [-0.15, -0.1) is 0 Å². The number of aliphatic carboxylic acids is 1. The zero-order valence-corrected chi connectivity index (χ0v) is 19.6. The van der Waals surface area contributed by atoms with Crippen molar-refractivity contribution in [1.82, 2.24) is 14.9 Å². The van der Waals surface area contributed by atoms with E-state index in [0.717, 1.165) is 4.57 Å². The van der Waals surface area contributed by atoms with Gasteiger partial charge in [-0.25, -0.2) is 14.4 Å². The van der Waals surface area contributed by atoms with Gasteiger partial charge in [-0.05, 0) is 25.3 Å². The number of carboxylic acid groups (broad SMARTS) is 1. The van der Waals surface area contributed by atoms with Gasteiger partial charge in [-0.3, -0.25) is 14.7 Å². The summed E-state index contributed by atoms with van der Waals surface area (Å²) in [7, 11) is 0. The SMILES string of the molecule is C=C1[C@H](n2ccc(NC(=O)O[C@@H](C)[C@H](NC(=O)[C@@H](N)CC(C)C)C(=O)O)nc2=O)O[C@H](CO)[C@H]1O. The number of ether oxygens (including phenoxy) is 2. The number of nitrogens with one attached hydrogen (secondary N) is 2. The van der Waals surface area contributed by atoms with E-state index in [0.29, 0.717) is 6.42 Å². The van der Waals surface area contributed by atoms with Crippen LogP contribution in [0.5, 0.6) is 0 Å². The quantitative estimate of drug-likeness (QED) is 0.214. The normalized spacial score (nSPS) is 22.4. The van der Waals surface area contributed by atoms with Gasteiger partial charge >= 0.3 is 17.8 Å². The molecule has 1 aromatic rings. The van der Waals surface area contributed by atoms with Crippen LogP contribution < -0.4 is 22.1 Å². The highest BCUT2D eigenvalue weighted by molar-refractivity contribution is 5.88. The molecule has 6 atom stereocenters. The molecule has 0 bridgehead atoms. The first-order valence-corrected chi connectivity index (χ1v) is 10.8. The number of carbonyl (C=O) groups excluding carboxylic acids is 2. The fourth-order valence-corrected chi connectivity index (χ4v) is 3.39. The van der Waals surface area contributed by atoms with Crippen LogP contribution in [0.15, 0.2) is 29.2 Å². The summed E-state index contributed by atoms with van der Waals surface area (Å²) >= 11 is 0. The maximum atomic E-state index is 12.4. The maximum absolute atomic E-state index is 12.4. The Morgan fingerprint density at radius 1 is 1.34 bits per heavy atom. The van der Waals surface area contributed by atoms with Crippen molar-refractivity contribution >= 4 is 23.8 Å². The molecule has 14 heteroatoms. The summed E-state index contributed by atoms with van der Waals surface area (Å²) in [6.07, 6.45) is -4.03. The van der Waals surface area contributed by atoms with Crippen LogP contribution in [0.25, 0.3) is 0 Å². The van der Waals surface area contributed by atoms with Gasteiger partial charge in [0.1, 0.15) is 24.1 Å². The van der Waals surface area contributed by atoms with Crippen molar-refractivity contribution in [2.75, 3.05) is 11.9 Å². The van der Waals surface area contributed by atoms with E-state index < -0.39 is 66.9 Å². The highest BCUT2D eigenvalue weighted by atomic mass is 16.6. The average Bonchev–Trinajstić information content (AvgIpc) is 3.04. The van der Waals surface area contributed by atoms with Crippen molar-refractivity contribution in [1.29, 1.82) is 0 Å². The van der Waals surface area contributed by atoms with Gasteiger partial charge in [-0.2, -0.15) is 4.98 Å². The van der Waals surface area contributed by atoms with Crippen LogP contribution in [0.1, 0.15) is 33.4 Å². The number of hydrogen-bond donors (Lipinski definition) is 6. The molecule has 0 spiro atoms. The Hall–Kier alpha value is -3.33. The topological polar surface area (TPSA) is 215 Å². The Labute approximate surface area is 200 Å². The van der Waals surface area contributed by atoms with E-state index in [4.69, 9.17) is 15.2 Å². The van der Waals surface area contributed by atoms with Crippen LogP contribution in [-0.4, -0.2) is 79.8 Å². The molecule has 7 N–H and O–H groups in total. The van der Waals surface area contributed by atoms with Gasteiger partial charge in [0, 0.05) is 11.8 Å². The van der Waals surface area contributed by atoms with Crippen LogP contribution in [0, 0.1) is 5.92 Å². The van der Waals surface area contributed by atoms with Crippen LogP contribution in [0.4, 0.5) is 10.6 Å². The van der Waals surface area contributed by atoms with Crippen molar-refractivity contribution in [3.8, 4) is 0 Å². The summed E-state index contributed by atoms with van der Waals surface area (Å²) in [5.74, 6) is -2.23. The second kappa shape index (κ2) is 11.9. The lowest BCUT2D eigenvalue weighted by atomic mass is 10.0. The lowest BCUT2D eigenvalue weighted by Crippen LogP contribution is -2.54. The molecule has 2 rings (SSSR count). The van der Waals surface area contributed by atoms with Gasteiger partial charge in [0.25, 0.3) is 0 Å². The number of anilines is 1. The van der Waals surface area contributed by atoms with E-state index in [2.05, 4.69) is 22.2 Å². The average molecular weight is 498 g/mol. The minimum absolute atomic E-state index is 0.112. The van der Waals surface area contributed by atoms with E-state index in [-0.39, 0.29) is 17.3 Å². The molecule has 0 radical (unpaired) electrons. The Kier molecular flexibility index (Phi) is 9.47. The summed E-state index contributed by atoms with van der Waals surface area (Å²) in [6, 6.07) is -1.25. The summed E-state index contributed by atoms with van der Waals surface area (Å²) < 4.78 is 11.5. The molecule has 0 unspecified atom stereocenters. The number of nitrogens with two attached hydrogens (primary N) is 1. The molecule has 14 nitrogen and oxygen atoms in total. The molecule has 194 valence electrons. The van der Waals surface area contributed by atoms with E-state index in [1.807, 2.05) is 13.8 Å². The van der Waals surface area contributed by atoms with Gasteiger partial charge in [0.15, 0.2) is 12.3 Å². The number of carbonyl (C=O) groups is 3. The Balaban J connectivity index is 2.02. The first-order chi connectivity index (χ1) is 16.3. The van der Waals surface area contributed by atoms with Crippen molar-refractivity contribution in [3.63, 3.8) is 0 Å². The molecule has 0 aromatic carbocycles. The molecule has 1 saturated heterocycles. The smallest absolute Gasteiger partial charge is 0.413 e. The minimum Gasteiger partial charge on any atom is -0.480 e. The predicted molar refractivity (Wildman–Crippen MR) is 121 cm³/mol. The lowest BCUT2D eigenvalue weighted by Gasteiger charge is -2.23. The van der Waals surface area contributed by atoms with Gasteiger partial charge < -0.3 is 35.8 Å². The molecule has 2 amide bonds. The van der Waals surface area contributed by atoms with Gasteiger partial charge in [0.2, 0.25) is 5.91 Å². The number of nitrogens with zero attached hydrogens (tertiary/aromatic N) is 2. The number of rotatable bonds is 10. The van der Waals surface area contributed by atoms with Gasteiger partial charge in [-0.1, -0.05) is 20.4 Å². The molecule has 0 aliphatic carbocycles. The number of carboxylic acids is 1. The van der Waals surface area contributed by atoms with E-state index in [1.54, 1.807) is 0 Å². The molecule has 2 heterocycles. The number of aliphatic hydroxyl groups is 2. The number of aliphatic hydroxyl groups excluding tert-OH is 2. The van der Waals surface area contributed by atoms with Crippen molar-refractivity contribution in [2.24, 2.45) is 11.7 Å². The van der Waals surface area contributed by atoms with Crippen molar-refractivity contribution in [2.45, 2.75) is 63.8 Å². The molecular weight excluding hydrogens is 466 g/mol. The largest absolute Gasteiger partial charge is 0.480 e. The van der Waals surface area contributed by atoms with Crippen LogP contribution >= 0.6 is 0 Å². The summed E-state index contributed by atoms with van der Waals surface area (Å²) in [5, 5.41) is 33.1. The molecule has 1 aromatic heterocycles. The third kappa shape index (κ3) is 7.08. The second-order valence-corrected chi connectivity index (χ2v) is 8.53. The first kappa shape index (κ1) is 27.9. The summed E-state index contributed by atoms with van der Waals surface area (Å²) in [6.45, 7) is 8.16. The zero-order chi connectivity index (χ0) is 26.4. The van der Waals surface area contributed by atoms with Crippen LogP contribution in [0.2, 0.25) is 0 Å². The third-order valence-corrected chi connectivity index (χ3v) is 5.23. The third-order valence-electron chi connectivity index (χ3n) is 5.23. The molecule has 1 aliphatic rings.